The van der Waals surface area contributed by atoms with E-state index in [0.717, 1.165) is 17.9 Å². The van der Waals surface area contributed by atoms with Crippen molar-refractivity contribution in [1.82, 2.24) is 0 Å². The lowest BCUT2D eigenvalue weighted by atomic mass is 10.1. The summed E-state index contributed by atoms with van der Waals surface area (Å²) in [6.45, 7) is 3.49. The Labute approximate surface area is 126 Å². The molecule has 0 aromatic heterocycles. The van der Waals surface area contributed by atoms with Crippen LogP contribution < -0.4 is 15.5 Å². The summed E-state index contributed by atoms with van der Waals surface area (Å²) in [7, 11) is 2.04. The Morgan fingerprint density at radius 1 is 1.26 bits per heavy atom. The van der Waals surface area contributed by atoms with Crippen molar-refractivity contribution in [2.45, 2.75) is 19.4 Å². The Hall–Kier alpha value is -0.970. The van der Waals surface area contributed by atoms with Crippen molar-refractivity contribution in [1.29, 1.82) is 0 Å². The van der Waals surface area contributed by atoms with Gasteiger partial charge in [0.2, 0.25) is 5.91 Å². The van der Waals surface area contributed by atoms with Gasteiger partial charge in [-0.25, -0.2) is 0 Å². The number of benzene rings is 1. The molecule has 1 aliphatic rings. The average molecular weight is 306 g/mol. The number of hydrogen-bond donors (Lipinski definition) is 1. The van der Waals surface area contributed by atoms with E-state index in [1.807, 2.05) is 43.1 Å². The molecule has 0 unspecified atom stereocenters. The highest BCUT2D eigenvalue weighted by atomic mass is 35.5. The lowest BCUT2D eigenvalue weighted by Crippen LogP contribution is -2.49. The van der Waals surface area contributed by atoms with E-state index in [2.05, 4.69) is 4.90 Å². The molecule has 0 bridgehead atoms. The molecule has 2 rings (SSSR count). The van der Waals surface area contributed by atoms with Crippen LogP contribution in [0.5, 0.6) is 0 Å². The maximum absolute atomic E-state index is 12.2. The first kappa shape index (κ1) is 18.0. The fourth-order valence-electron chi connectivity index (χ4n) is 2.11. The Morgan fingerprint density at radius 3 is 2.42 bits per heavy atom. The molecule has 1 aromatic rings. The summed E-state index contributed by atoms with van der Waals surface area (Å²) >= 11 is 0. The Bertz CT molecular complexity index is 428. The lowest BCUT2D eigenvalue weighted by molar-refractivity contribution is -0.119. The molecule has 0 aliphatic carbocycles. The van der Waals surface area contributed by atoms with Crippen LogP contribution in [-0.2, 0) is 4.79 Å². The van der Waals surface area contributed by atoms with Gasteiger partial charge in [-0.1, -0.05) is 19.1 Å². The Balaban J connectivity index is 0.00000162. The normalized spacial score (nSPS) is 14.9. The number of fused-ring (bicyclic) bond motifs is 1. The summed E-state index contributed by atoms with van der Waals surface area (Å²) in [6.07, 6.45) is 0.674. The van der Waals surface area contributed by atoms with E-state index in [4.69, 9.17) is 5.73 Å². The van der Waals surface area contributed by atoms with Crippen LogP contribution in [0.1, 0.15) is 13.3 Å². The second-order valence-corrected chi connectivity index (χ2v) is 4.41. The number of nitrogens with zero attached hydrogens (tertiary/aromatic N) is 2. The molecule has 1 aliphatic heterocycles. The largest absolute Gasteiger partial charge is 0.371 e. The van der Waals surface area contributed by atoms with Crippen molar-refractivity contribution < 1.29 is 4.79 Å². The molecule has 19 heavy (non-hydrogen) atoms. The highest BCUT2D eigenvalue weighted by Gasteiger charge is 2.27. The molecule has 1 atom stereocenters. The zero-order valence-electron chi connectivity index (χ0n) is 11.2. The Kier molecular flexibility index (Phi) is 7.19. The van der Waals surface area contributed by atoms with E-state index in [-0.39, 0.29) is 30.7 Å². The second kappa shape index (κ2) is 7.58. The molecule has 1 heterocycles. The minimum absolute atomic E-state index is 0. The first-order valence-electron chi connectivity index (χ1n) is 6.02. The maximum atomic E-state index is 12.2. The highest BCUT2D eigenvalue weighted by Crippen LogP contribution is 2.31. The SMILES string of the molecule is CC[C@H](N)C(=O)N1CCN(C)c2ccccc21.Cl.Cl. The molecule has 0 saturated heterocycles. The summed E-state index contributed by atoms with van der Waals surface area (Å²) in [5.41, 5.74) is 7.89. The standard InChI is InChI=1S/C13H19N3O.2ClH/c1-3-10(14)13(17)16-9-8-15(2)11-6-4-5-7-12(11)16;;/h4-7,10H,3,8-9,14H2,1-2H3;2*1H/t10-;;/m0../s1. The van der Waals surface area contributed by atoms with Gasteiger partial charge in [-0.3, -0.25) is 4.79 Å². The summed E-state index contributed by atoms with van der Waals surface area (Å²) in [6, 6.07) is 7.56. The molecule has 2 N–H and O–H groups in total. The fraction of sp³-hybridized carbons (Fsp3) is 0.462. The zero-order chi connectivity index (χ0) is 12.4. The van der Waals surface area contributed by atoms with Crippen molar-refractivity contribution >= 4 is 42.1 Å². The molecule has 0 saturated carbocycles. The van der Waals surface area contributed by atoms with Crippen LogP contribution in [0.3, 0.4) is 0 Å². The third kappa shape index (κ3) is 3.53. The number of carbonyl (C=O) groups excluding carboxylic acids is 1. The lowest BCUT2D eigenvalue weighted by Gasteiger charge is -2.36. The minimum atomic E-state index is -0.397. The van der Waals surface area contributed by atoms with Crippen LogP contribution in [0.2, 0.25) is 0 Å². The van der Waals surface area contributed by atoms with E-state index in [1.165, 1.54) is 0 Å². The van der Waals surface area contributed by atoms with Crippen LogP contribution in [0.15, 0.2) is 24.3 Å². The molecular formula is C13H21Cl2N3O. The molecular weight excluding hydrogens is 285 g/mol. The van der Waals surface area contributed by atoms with Gasteiger partial charge in [-0.2, -0.15) is 0 Å². The zero-order valence-corrected chi connectivity index (χ0v) is 12.8. The number of para-hydroxylation sites is 2. The number of likely N-dealkylation sites (N-methyl/N-ethyl adjacent to an activating group) is 1. The predicted molar refractivity (Wildman–Crippen MR) is 84.8 cm³/mol. The molecule has 108 valence electrons. The van der Waals surface area contributed by atoms with Crippen LogP contribution in [0.25, 0.3) is 0 Å². The quantitative estimate of drug-likeness (QED) is 0.910. The van der Waals surface area contributed by atoms with E-state index in [9.17, 15) is 4.79 Å². The first-order valence-corrected chi connectivity index (χ1v) is 6.02. The third-order valence-corrected chi connectivity index (χ3v) is 3.27. The van der Waals surface area contributed by atoms with Crippen LogP contribution in [-0.4, -0.2) is 32.1 Å². The topological polar surface area (TPSA) is 49.6 Å². The number of anilines is 2. The van der Waals surface area contributed by atoms with Gasteiger partial charge in [0.1, 0.15) is 0 Å². The molecule has 4 nitrogen and oxygen atoms in total. The van der Waals surface area contributed by atoms with Crippen molar-refractivity contribution in [2.75, 3.05) is 29.9 Å². The highest BCUT2D eigenvalue weighted by molar-refractivity contribution is 6.00. The van der Waals surface area contributed by atoms with Gasteiger partial charge in [-0.05, 0) is 18.6 Å². The maximum Gasteiger partial charge on any atom is 0.244 e. The summed E-state index contributed by atoms with van der Waals surface area (Å²) < 4.78 is 0. The summed E-state index contributed by atoms with van der Waals surface area (Å²) in [5.74, 6) is 0.0213. The van der Waals surface area contributed by atoms with Crippen molar-refractivity contribution in [2.24, 2.45) is 5.73 Å². The number of nitrogens with two attached hydrogens (primary N) is 1. The summed E-state index contributed by atoms with van der Waals surface area (Å²) in [4.78, 5) is 16.2. The monoisotopic (exact) mass is 305 g/mol. The number of carbonyl (C=O) groups is 1. The van der Waals surface area contributed by atoms with E-state index in [1.54, 1.807) is 0 Å². The number of rotatable bonds is 2. The van der Waals surface area contributed by atoms with Gasteiger partial charge in [0.15, 0.2) is 0 Å². The second-order valence-electron chi connectivity index (χ2n) is 4.41. The van der Waals surface area contributed by atoms with Crippen LogP contribution in [0, 0.1) is 0 Å². The van der Waals surface area contributed by atoms with Crippen molar-refractivity contribution in [3.63, 3.8) is 0 Å². The minimum Gasteiger partial charge on any atom is -0.371 e. The molecule has 0 radical (unpaired) electrons. The first-order chi connectivity index (χ1) is 8.15. The number of hydrogen-bond acceptors (Lipinski definition) is 3. The molecule has 0 spiro atoms. The molecule has 0 fully saturated rings. The third-order valence-electron chi connectivity index (χ3n) is 3.27. The van der Waals surface area contributed by atoms with Gasteiger partial charge in [0.25, 0.3) is 0 Å². The van der Waals surface area contributed by atoms with Gasteiger partial charge in [-0.15, -0.1) is 24.8 Å². The van der Waals surface area contributed by atoms with E-state index >= 15 is 0 Å². The van der Waals surface area contributed by atoms with Crippen molar-refractivity contribution in [3.05, 3.63) is 24.3 Å². The summed E-state index contributed by atoms with van der Waals surface area (Å²) in [5, 5.41) is 0. The molecule has 1 amide bonds. The average Bonchev–Trinajstić information content (AvgIpc) is 2.38. The van der Waals surface area contributed by atoms with E-state index < -0.39 is 6.04 Å². The van der Waals surface area contributed by atoms with Crippen LogP contribution in [0.4, 0.5) is 11.4 Å². The predicted octanol–water partition coefficient (Wildman–Crippen LogP) is 2.05. The molecule has 6 heteroatoms. The molecule has 1 aromatic carbocycles. The van der Waals surface area contributed by atoms with E-state index in [0.29, 0.717) is 13.0 Å². The number of halogens is 2. The number of amides is 1. The Morgan fingerprint density at radius 2 is 1.84 bits per heavy atom. The van der Waals surface area contributed by atoms with Gasteiger partial charge >= 0.3 is 0 Å². The van der Waals surface area contributed by atoms with Gasteiger partial charge < -0.3 is 15.5 Å². The smallest absolute Gasteiger partial charge is 0.244 e. The van der Waals surface area contributed by atoms with Gasteiger partial charge in [0.05, 0.1) is 17.4 Å². The van der Waals surface area contributed by atoms with Crippen molar-refractivity contribution in [3.8, 4) is 0 Å². The van der Waals surface area contributed by atoms with Crippen LogP contribution >= 0.6 is 24.8 Å². The van der Waals surface area contributed by atoms with Gasteiger partial charge in [0, 0.05) is 20.1 Å². The fourth-order valence-corrected chi connectivity index (χ4v) is 2.11.